The zero-order valence-electron chi connectivity index (χ0n) is 21.1. The predicted octanol–water partition coefficient (Wildman–Crippen LogP) is 5.55. The largest absolute Gasteiger partial charge is 0.435 e. The third-order valence-corrected chi connectivity index (χ3v) is 8.25. The number of halogens is 3. The van der Waals surface area contributed by atoms with Gasteiger partial charge in [0.1, 0.15) is 10.9 Å². The van der Waals surface area contributed by atoms with E-state index in [9.17, 15) is 23.2 Å². The average molecular weight is 540 g/mol. The van der Waals surface area contributed by atoms with Crippen LogP contribution in [0.2, 0.25) is 0 Å². The van der Waals surface area contributed by atoms with Crippen molar-refractivity contribution in [2.45, 2.75) is 51.5 Å². The number of nitrogens with one attached hydrogen (secondary N) is 1. The number of hydrogen-bond donors (Lipinski definition) is 1. The smallest absolute Gasteiger partial charge is 0.333 e. The number of nitriles is 1. The lowest BCUT2D eigenvalue weighted by atomic mass is 9.83. The van der Waals surface area contributed by atoms with Crippen LogP contribution < -0.4 is 5.32 Å². The molecule has 0 saturated carbocycles. The number of aryl methyl sites for hydroxylation is 1. The van der Waals surface area contributed by atoms with Crippen LogP contribution in [0.3, 0.4) is 0 Å². The molecule has 0 bridgehead atoms. The molecule has 10 heteroatoms. The summed E-state index contributed by atoms with van der Waals surface area (Å²) in [5.74, 6) is 0.00914. The van der Waals surface area contributed by atoms with Crippen LogP contribution in [0.5, 0.6) is 0 Å². The molecule has 0 aliphatic carbocycles. The van der Waals surface area contributed by atoms with Crippen molar-refractivity contribution in [1.29, 1.82) is 5.26 Å². The van der Waals surface area contributed by atoms with Crippen LogP contribution in [0, 0.1) is 17.2 Å². The van der Waals surface area contributed by atoms with Crippen LogP contribution in [0.15, 0.2) is 48.7 Å². The van der Waals surface area contributed by atoms with E-state index in [0.29, 0.717) is 41.6 Å². The highest BCUT2D eigenvalue weighted by atomic mass is 32.1. The van der Waals surface area contributed by atoms with E-state index in [1.54, 1.807) is 36.1 Å². The number of alkyl halides is 3. The highest BCUT2D eigenvalue weighted by Crippen LogP contribution is 2.44. The van der Waals surface area contributed by atoms with Crippen molar-refractivity contribution in [3.63, 3.8) is 0 Å². The van der Waals surface area contributed by atoms with E-state index in [4.69, 9.17) is 0 Å². The predicted molar refractivity (Wildman–Crippen MR) is 139 cm³/mol. The Kier molecular flexibility index (Phi) is 7.16. The molecular weight excluding hydrogens is 511 g/mol. The average Bonchev–Trinajstić information content (AvgIpc) is 3.64. The minimum Gasteiger partial charge on any atom is -0.333 e. The fourth-order valence-corrected chi connectivity index (χ4v) is 6.38. The van der Waals surface area contributed by atoms with Crippen LogP contribution >= 0.6 is 11.3 Å². The Balaban J connectivity index is 1.55. The van der Waals surface area contributed by atoms with Crippen LogP contribution in [0.1, 0.15) is 52.8 Å². The van der Waals surface area contributed by atoms with E-state index in [1.807, 2.05) is 18.2 Å². The summed E-state index contributed by atoms with van der Waals surface area (Å²) >= 11 is 1.33. The number of carbonyl (C=O) groups excluding carboxylic acids is 1. The molecule has 38 heavy (non-hydrogen) atoms. The minimum atomic E-state index is -4.62. The van der Waals surface area contributed by atoms with Crippen molar-refractivity contribution < 1.29 is 18.0 Å². The van der Waals surface area contributed by atoms with Crippen LogP contribution in [-0.4, -0.2) is 39.7 Å². The van der Waals surface area contributed by atoms with Crippen molar-refractivity contribution in [3.8, 4) is 17.2 Å². The normalized spacial score (nSPS) is 21.6. The van der Waals surface area contributed by atoms with Gasteiger partial charge in [0, 0.05) is 47.8 Å². The van der Waals surface area contributed by atoms with E-state index >= 15 is 0 Å². The number of fused-ring (bicyclic) bond motifs is 1. The first-order valence-corrected chi connectivity index (χ1v) is 13.5. The Morgan fingerprint density at radius 2 is 2.08 bits per heavy atom. The van der Waals surface area contributed by atoms with E-state index in [1.165, 1.54) is 22.2 Å². The summed E-state index contributed by atoms with van der Waals surface area (Å²) < 4.78 is 43.2. The van der Waals surface area contributed by atoms with Gasteiger partial charge in [0.05, 0.1) is 6.54 Å². The fraction of sp³-hybridized carbons (Fsp3) is 0.393. The van der Waals surface area contributed by atoms with E-state index in [0.717, 1.165) is 23.4 Å². The second-order valence-electron chi connectivity index (χ2n) is 9.92. The van der Waals surface area contributed by atoms with Crippen LogP contribution in [0.4, 0.5) is 13.2 Å². The lowest BCUT2D eigenvalue weighted by Crippen LogP contribution is -2.37. The Morgan fingerprint density at radius 1 is 1.29 bits per heavy atom. The molecule has 1 N–H and O–H groups in total. The number of carbonyl (C=O) groups is 1. The maximum atomic E-state index is 14.0. The standard InChI is InChI=1S/C28H28F3N5OS/c1-3-36-15-24(27(34-36)28(29,30)31)21-7-5-4-6-20(21)23-14-35(16-25-22(23)11-19(12-32)38-25)26(37)9-8-18-10-17(2)13-33-18/h4-9,11,15,17-18,23,33H,3,10,13-14,16H2,1-2H3/b9-8+/t17-,18+,23+/m1/s1. The van der Waals surface area contributed by atoms with Crippen molar-refractivity contribution in [3.05, 3.63) is 75.3 Å². The van der Waals surface area contributed by atoms with Gasteiger partial charge in [0.15, 0.2) is 5.69 Å². The fourth-order valence-electron chi connectivity index (χ4n) is 5.35. The topological polar surface area (TPSA) is 74.0 Å². The van der Waals surface area contributed by atoms with Gasteiger partial charge in [-0.05, 0) is 48.6 Å². The van der Waals surface area contributed by atoms with Crippen molar-refractivity contribution >= 4 is 17.2 Å². The maximum absolute atomic E-state index is 14.0. The van der Waals surface area contributed by atoms with E-state index in [2.05, 4.69) is 23.4 Å². The van der Waals surface area contributed by atoms with Gasteiger partial charge in [0.25, 0.3) is 0 Å². The Hall–Kier alpha value is -3.42. The molecule has 1 aromatic carbocycles. The summed E-state index contributed by atoms with van der Waals surface area (Å²) in [6.45, 7) is 5.78. The van der Waals surface area contributed by atoms with E-state index < -0.39 is 11.9 Å². The molecule has 4 heterocycles. The number of aromatic nitrogens is 2. The zero-order valence-corrected chi connectivity index (χ0v) is 21.9. The maximum Gasteiger partial charge on any atom is 0.435 e. The molecule has 3 aromatic rings. The SMILES string of the molecule is CCn1cc(-c2ccccc2[C@@H]2CN(C(=O)/C=C/[C@H]3C[C@@H](C)CN3)Cc3sc(C#N)cc32)c(C(F)(F)F)n1. The first-order chi connectivity index (χ1) is 18.2. The molecule has 6 nitrogen and oxygen atoms in total. The Morgan fingerprint density at radius 3 is 2.76 bits per heavy atom. The molecule has 1 saturated heterocycles. The van der Waals surface area contributed by atoms with Gasteiger partial charge in [-0.2, -0.15) is 23.5 Å². The number of thiophene rings is 1. The lowest BCUT2D eigenvalue weighted by molar-refractivity contribution is -0.141. The van der Waals surface area contributed by atoms with Gasteiger partial charge in [-0.25, -0.2) is 0 Å². The second kappa shape index (κ2) is 10.4. The van der Waals surface area contributed by atoms with Crippen LogP contribution in [-0.2, 0) is 24.1 Å². The highest BCUT2D eigenvalue weighted by Gasteiger charge is 2.39. The highest BCUT2D eigenvalue weighted by molar-refractivity contribution is 7.12. The van der Waals surface area contributed by atoms with E-state index in [-0.39, 0.29) is 23.4 Å². The Bertz CT molecular complexity index is 1420. The number of rotatable bonds is 5. The summed E-state index contributed by atoms with van der Waals surface area (Å²) in [4.78, 5) is 16.4. The summed E-state index contributed by atoms with van der Waals surface area (Å²) in [5, 5.41) is 16.7. The monoisotopic (exact) mass is 539 g/mol. The number of benzene rings is 1. The quantitative estimate of drug-likeness (QED) is 0.432. The summed E-state index contributed by atoms with van der Waals surface area (Å²) in [6, 6.07) is 11.1. The van der Waals surface area contributed by atoms with Crippen molar-refractivity contribution in [2.24, 2.45) is 5.92 Å². The van der Waals surface area contributed by atoms with Gasteiger partial charge >= 0.3 is 6.18 Å². The van der Waals surface area contributed by atoms with Gasteiger partial charge in [-0.15, -0.1) is 11.3 Å². The molecule has 3 atom stereocenters. The lowest BCUT2D eigenvalue weighted by Gasteiger charge is -2.33. The molecule has 5 rings (SSSR count). The molecule has 2 aromatic heterocycles. The number of amides is 1. The third-order valence-electron chi connectivity index (χ3n) is 7.21. The molecule has 1 amide bonds. The third kappa shape index (κ3) is 5.13. The van der Waals surface area contributed by atoms with Gasteiger partial charge in [-0.3, -0.25) is 9.48 Å². The molecule has 198 valence electrons. The van der Waals surface area contributed by atoms with Gasteiger partial charge < -0.3 is 10.2 Å². The summed E-state index contributed by atoms with van der Waals surface area (Å²) in [7, 11) is 0. The molecule has 2 aliphatic heterocycles. The van der Waals surface area contributed by atoms with Crippen molar-refractivity contribution in [1.82, 2.24) is 20.0 Å². The summed E-state index contributed by atoms with van der Waals surface area (Å²) in [5.41, 5.74) is 1.06. The minimum absolute atomic E-state index is 0.0111. The molecule has 1 fully saturated rings. The Labute approximate surface area is 223 Å². The molecule has 2 aliphatic rings. The summed E-state index contributed by atoms with van der Waals surface area (Å²) in [6.07, 6.45) is 1.27. The van der Waals surface area contributed by atoms with Crippen molar-refractivity contribution in [2.75, 3.05) is 13.1 Å². The van der Waals surface area contributed by atoms with Gasteiger partial charge in [0.2, 0.25) is 5.91 Å². The number of hydrogen-bond acceptors (Lipinski definition) is 5. The first-order valence-electron chi connectivity index (χ1n) is 12.6. The molecule has 0 unspecified atom stereocenters. The second-order valence-corrected chi connectivity index (χ2v) is 11.1. The molecular formula is C28H28F3N5OS. The molecule has 0 spiro atoms. The van der Waals surface area contributed by atoms with Gasteiger partial charge in [-0.1, -0.05) is 37.3 Å². The first kappa shape index (κ1) is 26.2. The number of nitrogens with zero attached hydrogens (tertiary/aromatic N) is 4. The van der Waals surface area contributed by atoms with Crippen LogP contribution in [0.25, 0.3) is 11.1 Å². The molecule has 0 radical (unpaired) electrons. The zero-order chi connectivity index (χ0) is 27.0.